The number of carboxylic acids is 1. The summed E-state index contributed by atoms with van der Waals surface area (Å²) in [4.78, 5) is 11.4. The van der Waals surface area contributed by atoms with Crippen LogP contribution in [-0.4, -0.2) is 31.3 Å². The smallest absolute Gasteiger partial charge is 0.335 e. The highest BCUT2D eigenvalue weighted by Gasteiger charge is 2.36. The molecule has 2 heterocycles. The van der Waals surface area contributed by atoms with Crippen LogP contribution in [0.25, 0.3) is 5.69 Å². The first-order valence-corrected chi connectivity index (χ1v) is 10.9. The van der Waals surface area contributed by atoms with Crippen molar-refractivity contribution >= 4 is 11.7 Å². The maximum absolute atomic E-state index is 11.4. The molecule has 33 heavy (non-hydrogen) atoms. The predicted octanol–water partition coefficient (Wildman–Crippen LogP) is 4.69. The third kappa shape index (κ3) is 4.09. The molecule has 0 fully saturated rings. The van der Waals surface area contributed by atoms with E-state index >= 15 is 0 Å². The Morgan fingerprint density at radius 2 is 1.91 bits per heavy atom. The Labute approximate surface area is 192 Å². The third-order valence-corrected chi connectivity index (χ3v) is 6.27. The maximum atomic E-state index is 11.4. The molecular formula is C26H25N5O2. The Morgan fingerprint density at radius 1 is 1.09 bits per heavy atom. The van der Waals surface area contributed by atoms with E-state index in [0.29, 0.717) is 12.0 Å². The van der Waals surface area contributed by atoms with Crippen LogP contribution in [0.2, 0.25) is 0 Å². The van der Waals surface area contributed by atoms with Gasteiger partial charge in [-0.25, -0.2) is 4.79 Å². The lowest BCUT2D eigenvalue weighted by Crippen LogP contribution is -2.35. The summed E-state index contributed by atoms with van der Waals surface area (Å²) in [6.45, 7) is 4.40. The largest absolute Gasteiger partial charge is 0.478 e. The number of tetrazole rings is 1. The Morgan fingerprint density at radius 3 is 2.70 bits per heavy atom. The fraction of sp³-hybridized carbons (Fsp3) is 0.231. The fourth-order valence-electron chi connectivity index (χ4n) is 4.62. The van der Waals surface area contributed by atoms with E-state index in [9.17, 15) is 9.90 Å². The van der Waals surface area contributed by atoms with E-state index in [1.54, 1.807) is 16.8 Å². The first-order chi connectivity index (χ1) is 15.9. The molecule has 3 aromatic carbocycles. The van der Waals surface area contributed by atoms with Gasteiger partial charge in [0.1, 0.15) is 0 Å². The number of hydrogen-bond acceptors (Lipinski definition) is 5. The van der Waals surface area contributed by atoms with E-state index in [2.05, 4.69) is 59.0 Å². The molecule has 4 aromatic rings. The first-order valence-electron chi connectivity index (χ1n) is 10.9. The Hall–Kier alpha value is -4.00. The first kappa shape index (κ1) is 20.9. The number of carboxylic acid groups (broad SMARTS) is 1. The zero-order valence-corrected chi connectivity index (χ0v) is 18.6. The van der Waals surface area contributed by atoms with Gasteiger partial charge >= 0.3 is 5.97 Å². The van der Waals surface area contributed by atoms with Gasteiger partial charge in [0.15, 0.2) is 5.82 Å². The zero-order chi connectivity index (χ0) is 23.0. The summed E-state index contributed by atoms with van der Waals surface area (Å²) in [5, 5.41) is 25.4. The number of benzene rings is 3. The Balaban J connectivity index is 1.46. The molecule has 2 N–H and O–H groups in total. The summed E-state index contributed by atoms with van der Waals surface area (Å²) < 4.78 is 1.79. The van der Waals surface area contributed by atoms with E-state index < -0.39 is 5.97 Å². The summed E-state index contributed by atoms with van der Waals surface area (Å²) in [5.74, 6) is -0.126. The molecule has 1 unspecified atom stereocenters. The van der Waals surface area contributed by atoms with E-state index in [0.717, 1.165) is 40.3 Å². The van der Waals surface area contributed by atoms with Crippen molar-refractivity contribution in [2.75, 3.05) is 5.32 Å². The molecule has 5 rings (SSSR count). The average molecular weight is 440 g/mol. The number of aromatic carboxylic acids is 1. The third-order valence-electron chi connectivity index (χ3n) is 6.27. The van der Waals surface area contributed by atoms with Crippen molar-refractivity contribution < 1.29 is 9.90 Å². The van der Waals surface area contributed by atoms with Gasteiger partial charge in [-0.05, 0) is 69.3 Å². The summed E-state index contributed by atoms with van der Waals surface area (Å²) in [5.41, 5.74) is 5.38. The second-order valence-electron chi connectivity index (χ2n) is 9.18. The maximum Gasteiger partial charge on any atom is 0.335 e. The number of anilines is 1. The van der Waals surface area contributed by atoms with Crippen LogP contribution < -0.4 is 5.32 Å². The highest BCUT2D eigenvalue weighted by atomic mass is 16.4. The number of fused-ring (bicyclic) bond motifs is 1. The number of hydrogen-bond donors (Lipinski definition) is 2. The SMILES string of the molecule is CC1(C)Cc2cc(C(=O)O)ccc2NC1c1cccc(-n2nnnc2Cc2ccccc2)c1. The number of carbonyl (C=O) groups is 1. The fourth-order valence-corrected chi connectivity index (χ4v) is 4.62. The molecule has 7 heteroatoms. The van der Waals surface area contributed by atoms with Gasteiger partial charge in [0, 0.05) is 12.1 Å². The highest BCUT2D eigenvalue weighted by Crippen LogP contribution is 2.45. The molecule has 0 aliphatic carbocycles. The molecule has 166 valence electrons. The minimum Gasteiger partial charge on any atom is -0.478 e. The average Bonchev–Trinajstić information content (AvgIpc) is 3.26. The van der Waals surface area contributed by atoms with E-state index in [1.807, 2.05) is 36.4 Å². The Kier molecular flexibility index (Phi) is 5.17. The molecule has 0 radical (unpaired) electrons. The lowest BCUT2D eigenvalue weighted by molar-refractivity contribution is 0.0696. The molecule has 1 aliphatic rings. The molecule has 0 bridgehead atoms. The van der Waals surface area contributed by atoms with E-state index in [4.69, 9.17) is 0 Å². The normalized spacial score (nSPS) is 16.6. The molecule has 0 amide bonds. The molecule has 0 spiro atoms. The number of nitrogens with one attached hydrogen (secondary N) is 1. The quantitative estimate of drug-likeness (QED) is 0.469. The summed E-state index contributed by atoms with van der Waals surface area (Å²) in [7, 11) is 0. The lowest BCUT2D eigenvalue weighted by atomic mass is 9.72. The van der Waals surface area contributed by atoms with Gasteiger partial charge in [-0.1, -0.05) is 56.3 Å². The van der Waals surface area contributed by atoms with Gasteiger partial charge in [-0.15, -0.1) is 5.10 Å². The zero-order valence-electron chi connectivity index (χ0n) is 18.6. The monoisotopic (exact) mass is 439 g/mol. The van der Waals surface area contributed by atoms with Crippen molar-refractivity contribution in [1.82, 2.24) is 20.2 Å². The van der Waals surface area contributed by atoms with Gasteiger partial charge < -0.3 is 10.4 Å². The van der Waals surface area contributed by atoms with Gasteiger partial charge in [0.2, 0.25) is 0 Å². The van der Waals surface area contributed by atoms with Crippen LogP contribution in [0.5, 0.6) is 0 Å². The second-order valence-corrected chi connectivity index (χ2v) is 9.18. The van der Waals surface area contributed by atoms with Crippen LogP contribution in [0.4, 0.5) is 5.69 Å². The van der Waals surface area contributed by atoms with Gasteiger partial charge in [0.05, 0.1) is 17.3 Å². The van der Waals surface area contributed by atoms with E-state index in [1.165, 1.54) is 0 Å². The van der Waals surface area contributed by atoms with Crippen LogP contribution in [0.1, 0.15) is 52.8 Å². The summed E-state index contributed by atoms with van der Waals surface area (Å²) in [6.07, 6.45) is 1.42. The van der Waals surface area contributed by atoms with Crippen molar-refractivity contribution in [3.63, 3.8) is 0 Å². The minimum absolute atomic E-state index is 0.0506. The van der Waals surface area contributed by atoms with Gasteiger partial charge in [-0.2, -0.15) is 4.68 Å². The molecule has 7 nitrogen and oxygen atoms in total. The van der Waals surface area contributed by atoms with Gasteiger partial charge in [-0.3, -0.25) is 0 Å². The standard InChI is InChI=1S/C26H25N5O2/c1-26(2)16-20-14-19(25(32)33)11-12-22(20)27-24(26)18-9-6-10-21(15-18)31-23(28-29-30-31)13-17-7-4-3-5-8-17/h3-12,14-15,24,27H,13,16H2,1-2H3,(H,32,33). The highest BCUT2D eigenvalue weighted by molar-refractivity contribution is 5.88. The van der Waals surface area contributed by atoms with Crippen LogP contribution in [0.15, 0.2) is 72.8 Å². The molecule has 1 aromatic heterocycles. The number of aromatic nitrogens is 4. The minimum atomic E-state index is -0.904. The van der Waals surface area contributed by atoms with Crippen molar-refractivity contribution in [3.8, 4) is 5.69 Å². The van der Waals surface area contributed by atoms with Crippen molar-refractivity contribution in [3.05, 3.63) is 101 Å². The number of nitrogens with zero attached hydrogens (tertiary/aromatic N) is 4. The molecule has 1 atom stereocenters. The topological polar surface area (TPSA) is 92.9 Å². The van der Waals surface area contributed by atoms with Crippen molar-refractivity contribution in [2.45, 2.75) is 32.7 Å². The summed E-state index contributed by atoms with van der Waals surface area (Å²) in [6, 6.07) is 23.8. The van der Waals surface area contributed by atoms with E-state index in [-0.39, 0.29) is 11.5 Å². The Bertz CT molecular complexity index is 1310. The predicted molar refractivity (Wildman–Crippen MR) is 126 cm³/mol. The van der Waals surface area contributed by atoms with Crippen LogP contribution in [-0.2, 0) is 12.8 Å². The molecule has 0 saturated carbocycles. The molecule has 1 aliphatic heterocycles. The molecule has 0 saturated heterocycles. The van der Waals surface area contributed by atoms with Crippen LogP contribution in [0, 0.1) is 5.41 Å². The van der Waals surface area contributed by atoms with Crippen LogP contribution >= 0.6 is 0 Å². The second kappa shape index (κ2) is 8.16. The lowest BCUT2D eigenvalue weighted by Gasteiger charge is -2.41. The molecular weight excluding hydrogens is 414 g/mol. The van der Waals surface area contributed by atoms with Gasteiger partial charge in [0.25, 0.3) is 0 Å². The van der Waals surface area contributed by atoms with Crippen molar-refractivity contribution in [1.29, 1.82) is 0 Å². The summed E-state index contributed by atoms with van der Waals surface area (Å²) >= 11 is 0. The number of rotatable bonds is 5. The van der Waals surface area contributed by atoms with Crippen LogP contribution in [0.3, 0.4) is 0 Å². The van der Waals surface area contributed by atoms with Crippen molar-refractivity contribution in [2.24, 2.45) is 5.41 Å².